The molecule has 94 valence electrons. The van der Waals surface area contributed by atoms with Crippen LogP contribution in [0, 0.1) is 11.8 Å². The van der Waals surface area contributed by atoms with Crippen LogP contribution < -0.4 is 5.32 Å². The predicted octanol–water partition coefficient (Wildman–Crippen LogP) is 3.81. The van der Waals surface area contributed by atoms with Crippen molar-refractivity contribution >= 4 is 0 Å². The van der Waals surface area contributed by atoms with Crippen molar-refractivity contribution in [1.82, 2.24) is 5.32 Å². The van der Waals surface area contributed by atoms with E-state index < -0.39 is 0 Å². The Bertz CT molecular complexity index is 333. The Morgan fingerprint density at radius 1 is 1.29 bits per heavy atom. The van der Waals surface area contributed by atoms with Gasteiger partial charge in [-0.1, -0.05) is 50.6 Å². The van der Waals surface area contributed by atoms with Gasteiger partial charge in [-0.2, -0.15) is 0 Å². The summed E-state index contributed by atoms with van der Waals surface area (Å²) in [6.45, 7) is 4.66. The summed E-state index contributed by atoms with van der Waals surface area (Å²) in [5.74, 6) is 2.50. The molecular formula is C16H25N. The van der Waals surface area contributed by atoms with Crippen LogP contribution in [0.15, 0.2) is 30.3 Å². The molecule has 1 saturated carbocycles. The fraction of sp³-hybridized carbons (Fsp3) is 0.625. The van der Waals surface area contributed by atoms with Crippen LogP contribution in [0.3, 0.4) is 0 Å². The highest BCUT2D eigenvalue weighted by molar-refractivity contribution is 5.26. The summed E-state index contributed by atoms with van der Waals surface area (Å²) in [5.41, 5.74) is 1.53. The van der Waals surface area contributed by atoms with Crippen LogP contribution in [-0.4, -0.2) is 13.1 Å². The van der Waals surface area contributed by atoms with E-state index in [1.807, 2.05) is 0 Å². The molecular weight excluding hydrogens is 206 g/mol. The van der Waals surface area contributed by atoms with Gasteiger partial charge < -0.3 is 5.32 Å². The van der Waals surface area contributed by atoms with Gasteiger partial charge in [-0.15, -0.1) is 0 Å². The highest BCUT2D eigenvalue weighted by atomic mass is 14.9. The molecule has 0 amide bonds. The lowest BCUT2D eigenvalue weighted by Crippen LogP contribution is -2.29. The van der Waals surface area contributed by atoms with Gasteiger partial charge in [-0.25, -0.2) is 0 Å². The summed E-state index contributed by atoms with van der Waals surface area (Å²) < 4.78 is 0. The Labute approximate surface area is 106 Å². The van der Waals surface area contributed by atoms with Gasteiger partial charge >= 0.3 is 0 Å². The third-order valence-electron chi connectivity index (χ3n) is 4.31. The lowest BCUT2D eigenvalue weighted by molar-refractivity contribution is 0.378. The van der Waals surface area contributed by atoms with Crippen LogP contribution in [0.25, 0.3) is 0 Å². The van der Waals surface area contributed by atoms with Gasteiger partial charge in [-0.05, 0) is 43.2 Å². The Balaban J connectivity index is 1.92. The molecule has 17 heavy (non-hydrogen) atoms. The van der Waals surface area contributed by atoms with Crippen LogP contribution in [0.1, 0.15) is 44.6 Å². The maximum absolute atomic E-state index is 3.53. The first kappa shape index (κ1) is 12.6. The maximum Gasteiger partial charge on any atom is 0.0101 e. The topological polar surface area (TPSA) is 12.0 Å². The fourth-order valence-electron chi connectivity index (χ4n) is 2.85. The van der Waals surface area contributed by atoms with Gasteiger partial charge in [-0.3, -0.25) is 0 Å². The van der Waals surface area contributed by atoms with Crippen molar-refractivity contribution in [3.63, 3.8) is 0 Å². The van der Waals surface area contributed by atoms with Crippen molar-refractivity contribution in [2.45, 2.75) is 45.1 Å². The fourth-order valence-corrected chi connectivity index (χ4v) is 2.85. The first-order valence-electron chi connectivity index (χ1n) is 6.98. The monoisotopic (exact) mass is 231 g/mol. The minimum atomic E-state index is 0.704. The second-order valence-corrected chi connectivity index (χ2v) is 5.56. The van der Waals surface area contributed by atoms with Crippen LogP contribution in [0.2, 0.25) is 0 Å². The van der Waals surface area contributed by atoms with E-state index in [2.05, 4.69) is 56.5 Å². The molecule has 0 heterocycles. The van der Waals surface area contributed by atoms with Crippen LogP contribution >= 0.6 is 0 Å². The van der Waals surface area contributed by atoms with Crippen LogP contribution in [0.5, 0.6) is 0 Å². The molecule has 0 spiro atoms. The molecule has 1 aromatic carbocycles. The summed E-state index contributed by atoms with van der Waals surface area (Å²) in [4.78, 5) is 0. The van der Waals surface area contributed by atoms with Crippen molar-refractivity contribution in [2.24, 2.45) is 11.8 Å². The van der Waals surface area contributed by atoms with Crippen LogP contribution in [0.4, 0.5) is 0 Å². The number of hydrogen-bond acceptors (Lipinski definition) is 1. The summed E-state index contributed by atoms with van der Waals surface area (Å²) in [6, 6.07) is 11.7. The van der Waals surface area contributed by atoms with Gasteiger partial charge in [0.2, 0.25) is 0 Å². The highest BCUT2D eigenvalue weighted by Gasteiger charge is 2.43. The maximum atomic E-state index is 3.53. The second-order valence-electron chi connectivity index (χ2n) is 5.56. The number of rotatable bonds is 6. The smallest absolute Gasteiger partial charge is 0.0101 e. The standard InChI is InChI=1S/C16H25N/c1-4-12(2)10-16(17-3)15-11-14(15)13-8-6-5-7-9-13/h5-9,12,14-17H,4,10-11H2,1-3H3. The molecule has 4 unspecified atom stereocenters. The molecule has 1 heteroatoms. The van der Waals surface area contributed by atoms with Gasteiger partial charge in [0.05, 0.1) is 0 Å². The van der Waals surface area contributed by atoms with Gasteiger partial charge in [0.15, 0.2) is 0 Å². The van der Waals surface area contributed by atoms with E-state index in [1.54, 1.807) is 0 Å². The van der Waals surface area contributed by atoms with Gasteiger partial charge in [0.1, 0.15) is 0 Å². The van der Waals surface area contributed by atoms with E-state index in [1.165, 1.54) is 24.8 Å². The van der Waals surface area contributed by atoms with E-state index in [0.717, 1.165) is 17.8 Å². The Morgan fingerprint density at radius 2 is 2.00 bits per heavy atom. The molecule has 1 aliphatic carbocycles. The molecule has 0 aliphatic heterocycles. The van der Waals surface area contributed by atoms with Crippen molar-refractivity contribution < 1.29 is 0 Å². The normalized spacial score (nSPS) is 26.5. The molecule has 1 N–H and O–H groups in total. The largest absolute Gasteiger partial charge is 0.317 e. The molecule has 1 fully saturated rings. The average molecular weight is 231 g/mol. The Kier molecular flexibility index (Phi) is 4.22. The molecule has 1 aromatic rings. The molecule has 0 radical (unpaired) electrons. The van der Waals surface area contributed by atoms with E-state index in [9.17, 15) is 0 Å². The van der Waals surface area contributed by atoms with E-state index in [0.29, 0.717) is 6.04 Å². The third-order valence-corrected chi connectivity index (χ3v) is 4.31. The van der Waals surface area contributed by atoms with Crippen molar-refractivity contribution in [1.29, 1.82) is 0 Å². The predicted molar refractivity (Wildman–Crippen MR) is 74.2 cm³/mol. The SMILES string of the molecule is CCC(C)CC(NC)C1CC1c1ccccc1. The number of nitrogens with one attached hydrogen (secondary N) is 1. The van der Waals surface area contributed by atoms with Crippen molar-refractivity contribution in [3.8, 4) is 0 Å². The molecule has 4 atom stereocenters. The molecule has 0 aromatic heterocycles. The quantitative estimate of drug-likeness (QED) is 0.785. The van der Waals surface area contributed by atoms with Gasteiger partial charge in [0.25, 0.3) is 0 Å². The zero-order chi connectivity index (χ0) is 12.3. The molecule has 0 bridgehead atoms. The first-order valence-corrected chi connectivity index (χ1v) is 6.98. The van der Waals surface area contributed by atoms with Crippen molar-refractivity contribution in [2.75, 3.05) is 7.05 Å². The highest BCUT2D eigenvalue weighted by Crippen LogP contribution is 2.50. The lowest BCUT2D eigenvalue weighted by Gasteiger charge is -2.20. The van der Waals surface area contributed by atoms with Crippen molar-refractivity contribution in [3.05, 3.63) is 35.9 Å². The summed E-state index contributed by atoms with van der Waals surface area (Å²) >= 11 is 0. The zero-order valence-corrected chi connectivity index (χ0v) is 11.3. The molecule has 1 aliphatic rings. The Morgan fingerprint density at radius 3 is 2.59 bits per heavy atom. The Hall–Kier alpha value is -0.820. The van der Waals surface area contributed by atoms with E-state index in [4.69, 9.17) is 0 Å². The van der Waals surface area contributed by atoms with Crippen LogP contribution in [-0.2, 0) is 0 Å². The summed E-state index contributed by atoms with van der Waals surface area (Å²) in [7, 11) is 2.12. The third kappa shape index (κ3) is 3.10. The second kappa shape index (κ2) is 5.68. The number of hydrogen-bond donors (Lipinski definition) is 1. The van der Waals surface area contributed by atoms with E-state index in [-0.39, 0.29) is 0 Å². The summed E-state index contributed by atoms with van der Waals surface area (Å²) in [6.07, 6.45) is 3.98. The molecule has 0 saturated heterocycles. The molecule has 2 rings (SSSR count). The summed E-state index contributed by atoms with van der Waals surface area (Å²) in [5, 5.41) is 3.53. The first-order chi connectivity index (χ1) is 8.26. The molecule has 1 nitrogen and oxygen atoms in total. The number of benzene rings is 1. The van der Waals surface area contributed by atoms with E-state index >= 15 is 0 Å². The van der Waals surface area contributed by atoms with Gasteiger partial charge in [0, 0.05) is 6.04 Å². The minimum absolute atomic E-state index is 0.704. The lowest BCUT2D eigenvalue weighted by atomic mass is 9.94. The average Bonchev–Trinajstić information content (AvgIpc) is 3.17. The minimum Gasteiger partial charge on any atom is -0.317 e. The zero-order valence-electron chi connectivity index (χ0n) is 11.3.